The molecule has 0 aliphatic heterocycles. The summed E-state index contributed by atoms with van der Waals surface area (Å²) in [5.74, 6) is 0.752. The molecule has 0 amide bonds. The molecule has 5 nitrogen and oxygen atoms in total. The van der Waals surface area contributed by atoms with Crippen LogP contribution in [0.3, 0.4) is 0 Å². The van der Waals surface area contributed by atoms with Gasteiger partial charge in [0.1, 0.15) is 6.10 Å². The van der Waals surface area contributed by atoms with Crippen molar-refractivity contribution in [2.24, 2.45) is 4.99 Å². The monoisotopic (exact) mass is 348 g/mol. The number of guanidine groups is 1. The Hall–Kier alpha value is -1.63. The molecule has 6 heteroatoms. The normalized spacial score (nSPS) is 13.5. The van der Waals surface area contributed by atoms with Gasteiger partial charge in [0.2, 0.25) is 0 Å². The van der Waals surface area contributed by atoms with Gasteiger partial charge in [-0.1, -0.05) is 25.1 Å². The number of rotatable bonds is 8. The summed E-state index contributed by atoms with van der Waals surface area (Å²) in [7, 11) is 2.09. The number of hydrogen-bond donors (Lipinski definition) is 3. The number of nitrogens with zero attached hydrogens (tertiary/aromatic N) is 2. The summed E-state index contributed by atoms with van der Waals surface area (Å²) in [5.41, 5.74) is 0. The molecule has 1 aromatic heterocycles. The second-order valence-corrected chi connectivity index (χ2v) is 6.86. The van der Waals surface area contributed by atoms with Crippen LogP contribution in [-0.4, -0.2) is 55.7 Å². The lowest BCUT2D eigenvalue weighted by Crippen LogP contribution is -2.41. The molecule has 0 saturated heterocycles. The number of thiophene rings is 1. The highest BCUT2D eigenvalue weighted by atomic mass is 32.1. The molecule has 0 fully saturated rings. The first-order valence-corrected chi connectivity index (χ1v) is 9.33. The third-order valence-electron chi connectivity index (χ3n) is 3.87. The summed E-state index contributed by atoms with van der Waals surface area (Å²) in [5, 5.41) is 18.1. The fourth-order valence-corrected chi connectivity index (χ4v) is 3.34. The Bertz CT molecular complexity index is 622. The van der Waals surface area contributed by atoms with Crippen molar-refractivity contribution in [2.45, 2.75) is 20.0 Å². The van der Waals surface area contributed by atoms with Crippen LogP contribution in [0.5, 0.6) is 0 Å². The lowest BCUT2D eigenvalue weighted by atomic mass is 10.2. The molecule has 1 unspecified atom stereocenters. The second-order valence-electron chi connectivity index (χ2n) is 5.74. The van der Waals surface area contributed by atoms with Gasteiger partial charge in [-0.2, -0.15) is 0 Å². The van der Waals surface area contributed by atoms with Gasteiger partial charge in [0.25, 0.3) is 0 Å². The van der Waals surface area contributed by atoms with Crippen molar-refractivity contribution in [1.29, 1.82) is 0 Å². The molecule has 2 rings (SSSR count). The molecule has 0 saturated carbocycles. The molecular weight excluding hydrogens is 320 g/mol. The first-order valence-electron chi connectivity index (χ1n) is 8.51. The Labute approximate surface area is 148 Å². The quantitative estimate of drug-likeness (QED) is 0.507. The summed E-state index contributed by atoms with van der Waals surface area (Å²) in [6, 6.07) is 10.2. The molecule has 0 spiro atoms. The zero-order valence-electron chi connectivity index (χ0n) is 14.7. The van der Waals surface area contributed by atoms with E-state index in [1.165, 1.54) is 10.1 Å². The topological polar surface area (TPSA) is 59.9 Å². The van der Waals surface area contributed by atoms with Crippen molar-refractivity contribution in [1.82, 2.24) is 15.5 Å². The van der Waals surface area contributed by atoms with Crippen LogP contribution in [-0.2, 0) is 0 Å². The average molecular weight is 349 g/mol. The highest BCUT2D eigenvalue weighted by molar-refractivity contribution is 7.19. The molecule has 1 aromatic carbocycles. The van der Waals surface area contributed by atoms with Crippen LogP contribution in [0.1, 0.15) is 24.8 Å². The van der Waals surface area contributed by atoms with Crippen LogP contribution in [0, 0.1) is 0 Å². The number of benzene rings is 1. The maximum atomic E-state index is 10.4. The predicted octanol–water partition coefficient (Wildman–Crippen LogP) is 2.44. The summed E-state index contributed by atoms with van der Waals surface area (Å²) < 4.78 is 1.20. The Morgan fingerprint density at radius 1 is 1.29 bits per heavy atom. The summed E-state index contributed by atoms with van der Waals surface area (Å²) in [6.07, 6.45) is -0.573. The molecule has 1 atom stereocenters. The van der Waals surface area contributed by atoms with Gasteiger partial charge in [-0.15, -0.1) is 11.3 Å². The molecule has 132 valence electrons. The number of likely N-dealkylation sites (N-methyl/N-ethyl adjacent to an activating group) is 1. The first-order chi connectivity index (χ1) is 11.6. The Morgan fingerprint density at radius 3 is 2.79 bits per heavy atom. The van der Waals surface area contributed by atoms with Crippen LogP contribution >= 0.6 is 11.3 Å². The molecular formula is C18H28N4OS. The third kappa shape index (κ3) is 5.47. The molecule has 2 aromatic rings. The number of hydrogen-bond acceptors (Lipinski definition) is 4. The largest absolute Gasteiger partial charge is 0.386 e. The van der Waals surface area contributed by atoms with Crippen molar-refractivity contribution >= 4 is 27.4 Å². The smallest absolute Gasteiger partial charge is 0.191 e. The number of aliphatic hydroxyl groups excluding tert-OH is 1. The van der Waals surface area contributed by atoms with Gasteiger partial charge >= 0.3 is 0 Å². The van der Waals surface area contributed by atoms with Crippen LogP contribution in [0.25, 0.3) is 10.1 Å². The summed E-state index contributed by atoms with van der Waals surface area (Å²) in [6.45, 7) is 8.15. The summed E-state index contributed by atoms with van der Waals surface area (Å²) >= 11 is 1.63. The van der Waals surface area contributed by atoms with E-state index in [0.717, 1.165) is 37.0 Å². The Balaban J connectivity index is 1.93. The fourth-order valence-electron chi connectivity index (χ4n) is 2.30. The molecule has 0 bridgehead atoms. The predicted molar refractivity (Wildman–Crippen MR) is 104 cm³/mol. The van der Waals surface area contributed by atoms with E-state index in [9.17, 15) is 5.11 Å². The molecule has 1 heterocycles. The Morgan fingerprint density at radius 2 is 2.08 bits per heavy atom. The van der Waals surface area contributed by atoms with Crippen molar-refractivity contribution in [3.05, 3.63) is 35.2 Å². The minimum atomic E-state index is -0.573. The number of aliphatic imine (C=N–C) groups is 1. The highest BCUT2D eigenvalue weighted by Gasteiger charge is 2.11. The van der Waals surface area contributed by atoms with E-state index in [1.54, 1.807) is 11.3 Å². The van der Waals surface area contributed by atoms with Crippen molar-refractivity contribution in [3.63, 3.8) is 0 Å². The minimum absolute atomic E-state index is 0.353. The zero-order chi connectivity index (χ0) is 17.4. The van der Waals surface area contributed by atoms with E-state index in [4.69, 9.17) is 0 Å². The lowest BCUT2D eigenvalue weighted by molar-refractivity contribution is 0.191. The first kappa shape index (κ1) is 18.7. The maximum Gasteiger partial charge on any atom is 0.191 e. The lowest BCUT2D eigenvalue weighted by Gasteiger charge is -2.16. The van der Waals surface area contributed by atoms with Crippen LogP contribution in [0.4, 0.5) is 0 Å². The van der Waals surface area contributed by atoms with Gasteiger partial charge in [0.15, 0.2) is 5.96 Å². The molecule has 0 aliphatic carbocycles. The third-order valence-corrected chi connectivity index (χ3v) is 5.08. The molecule has 0 aliphatic rings. The average Bonchev–Trinajstić information content (AvgIpc) is 3.03. The van der Waals surface area contributed by atoms with Crippen molar-refractivity contribution in [2.75, 3.05) is 39.8 Å². The van der Waals surface area contributed by atoms with Gasteiger partial charge in [0, 0.05) is 29.2 Å². The van der Waals surface area contributed by atoms with Gasteiger partial charge in [0.05, 0.1) is 6.54 Å². The van der Waals surface area contributed by atoms with Crippen LogP contribution in [0.15, 0.2) is 35.3 Å². The van der Waals surface area contributed by atoms with E-state index < -0.39 is 6.10 Å². The van der Waals surface area contributed by atoms with Crippen molar-refractivity contribution < 1.29 is 5.11 Å². The molecule has 3 N–H and O–H groups in total. The highest BCUT2D eigenvalue weighted by Crippen LogP contribution is 2.29. The number of fused-ring (bicyclic) bond motifs is 1. The standard InChI is InChI=1S/C18H28N4OS/c1-4-19-18(20-10-11-22(3)5-2)21-13-15(23)17-12-14-8-6-7-9-16(14)24-17/h6-9,12,15,23H,4-5,10-11,13H2,1-3H3,(H2,19,20,21). The van der Waals surface area contributed by atoms with Crippen LogP contribution < -0.4 is 10.6 Å². The second kappa shape index (κ2) is 9.61. The summed E-state index contributed by atoms with van der Waals surface area (Å²) in [4.78, 5) is 7.71. The van der Waals surface area contributed by atoms with Crippen molar-refractivity contribution in [3.8, 4) is 0 Å². The number of nitrogens with one attached hydrogen (secondary N) is 2. The minimum Gasteiger partial charge on any atom is -0.386 e. The van der Waals surface area contributed by atoms with E-state index >= 15 is 0 Å². The van der Waals surface area contributed by atoms with Crippen LogP contribution in [0.2, 0.25) is 0 Å². The maximum absolute atomic E-state index is 10.4. The van der Waals surface area contributed by atoms with Gasteiger partial charge < -0.3 is 20.6 Å². The van der Waals surface area contributed by atoms with E-state index in [2.05, 4.69) is 52.7 Å². The number of aliphatic hydroxyl groups is 1. The van der Waals surface area contributed by atoms with Gasteiger partial charge in [-0.25, -0.2) is 0 Å². The fraction of sp³-hybridized carbons (Fsp3) is 0.500. The van der Waals surface area contributed by atoms with E-state index in [1.807, 2.05) is 19.1 Å². The zero-order valence-corrected chi connectivity index (χ0v) is 15.6. The Kier molecular flexibility index (Phi) is 7.49. The molecule has 0 radical (unpaired) electrons. The van der Waals surface area contributed by atoms with Gasteiger partial charge in [-0.3, -0.25) is 4.99 Å². The SMILES string of the molecule is CCNC(=NCC(O)c1cc2ccccc2s1)NCCN(C)CC. The van der Waals surface area contributed by atoms with E-state index in [0.29, 0.717) is 6.54 Å². The molecule has 24 heavy (non-hydrogen) atoms. The van der Waals surface area contributed by atoms with Gasteiger partial charge in [-0.05, 0) is 38.0 Å². The van der Waals surface area contributed by atoms with E-state index in [-0.39, 0.29) is 0 Å².